The topological polar surface area (TPSA) is 46.3 Å². The van der Waals surface area contributed by atoms with E-state index in [1.807, 2.05) is 23.6 Å². The molecule has 2 heterocycles. The molecule has 4 rings (SSSR count). The molecule has 4 heteroatoms. The summed E-state index contributed by atoms with van der Waals surface area (Å²) in [5, 5.41) is 14.5. The van der Waals surface area contributed by atoms with E-state index in [2.05, 4.69) is 11.1 Å². The van der Waals surface area contributed by atoms with Crippen molar-refractivity contribution in [2.24, 2.45) is 0 Å². The number of hydrogen-bond acceptors (Lipinski definition) is 4. The number of fused-ring (bicyclic) bond motifs is 3. The highest BCUT2D eigenvalue weighted by atomic mass is 32.1. The van der Waals surface area contributed by atoms with Gasteiger partial charge in [0.2, 0.25) is 0 Å². The summed E-state index contributed by atoms with van der Waals surface area (Å²) in [5.74, 6) is 0.215. The van der Waals surface area contributed by atoms with Crippen LogP contribution in [0.4, 0.5) is 0 Å². The molecule has 0 aliphatic rings. The summed E-state index contributed by atoms with van der Waals surface area (Å²) in [4.78, 5) is 4.32. The van der Waals surface area contributed by atoms with Crippen molar-refractivity contribution in [2.45, 2.75) is 0 Å². The summed E-state index contributed by atoms with van der Waals surface area (Å²) in [6.45, 7) is 0. The van der Waals surface area contributed by atoms with Crippen LogP contribution in [0.25, 0.3) is 32.5 Å². The van der Waals surface area contributed by atoms with E-state index in [9.17, 15) is 5.11 Å². The van der Waals surface area contributed by atoms with Gasteiger partial charge in [-0.3, -0.25) is 0 Å². The molecule has 0 amide bonds. The second kappa shape index (κ2) is 3.83. The first kappa shape index (κ1) is 10.6. The van der Waals surface area contributed by atoms with Crippen LogP contribution >= 0.6 is 11.3 Å². The Morgan fingerprint density at radius 3 is 2.79 bits per heavy atom. The van der Waals surface area contributed by atoms with Gasteiger partial charge in [-0.25, -0.2) is 4.98 Å². The van der Waals surface area contributed by atoms with Gasteiger partial charge in [0, 0.05) is 34.0 Å². The second-order valence-electron chi connectivity index (χ2n) is 4.33. The Kier molecular flexibility index (Phi) is 2.13. The van der Waals surface area contributed by atoms with Crippen LogP contribution in [0.15, 0.2) is 52.4 Å². The fourth-order valence-electron chi connectivity index (χ4n) is 2.26. The van der Waals surface area contributed by atoms with E-state index < -0.39 is 0 Å². The molecule has 0 atom stereocenters. The first-order valence-corrected chi connectivity index (χ1v) is 6.74. The third-order valence-electron chi connectivity index (χ3n) is 3.13. The maximum absolute atomic E-state index is 9.49. The standard InChI is InChI=1S/C15H9NO2S/c17-10-2-3-11-12-7-9(15-16-5-6-19-15)1-4-13(12)18-14(11)8-10/h1-8,17H. The average Bonchev–Trinajstić information content (AvgIpc) is 3.04. The van der Waals surface area contributed by atoms with Crippen LogP contribution in [0, 0.1) is 0 Å². The summed E-state index contributed by atoms with van der Waals surface area (Å²) in [5.41, 5.74) is 2.60. The molecule has 0 saturated carbocycles. The highest BCUT2D eigenvalue weighted by Crippen LogP contribution is 2.34. The van der Waals surface area contributed by atoms with Crippen LogP contribution in [-0.4, -0.2) is 10.1 Å². The van der Waals surface area contributed by atoms with Crippen molar-refractivity contribution in [3.8, 4) is 16.3 Å². The number of phenolic OH excluding ortho intramolecular Hbond substituents is 1. The Labute approximate surface area is 112 Å². The van der Waals surface area contributed by atoms with Gasteiger partial charge in [0.15, 0.2) is 0 Å². The van der Waals surface area contributed by atoms with E-state index in [-0.39, 0.29) is 5.75 Å². The van der Waals surface area contributed by atoms with E-state index in [1.165, 1.54) is 0 Å². The molecule has 0 aliphatic carbocycles. The van der Waals surface area contributed by atoms with E-state index in [0.717, 1.165) is 26.9 Å². The van der Waals surface area contributed by atoms with Crippen molar-refractivity contribution >= 4 is 33.3 Å². The fourth-order valence-corrected chi connectivity index (χ4v) is 2.90. The van der Waals surface area contributed by atoms with E-state index >= 15 is 0 Å². The minimum atomic E-state index is 0.215. The van der Waals surface area contributed by atoms with Crippen LogP contribution in [0.5, 0.6) is 5.75 Å². The van der Waals surface area contributed by atoms with Crippen molar-refractivity contribution in [3.05, 3.63) is 48.0 Å². The Hall–Kier alpha value is -2.33. The first-order chi connectivity index (χ1) is 9.31. The van der Waals surface area contributed by atoms with Crippen LogP contribution in [0.2, 0.25) is 0 Å². The van der Waals surface area contributed by atoms with Crippen molar-refractivity contribution < 1.29 is 9.52 Å². The van der Waals surface area contributed by atoms with Gasteiger partial charge < -0.3 is 9.52 Å². The summed E-state index contributed by atoms with van der Waals surface area (Å²) >= 11 is 1.61. The number of phenols is 1. The molecule has 19 heavy (non-hydrogen) atoms. The van der Waals surface area contributed by atoms with E-state index in [4.69, 9.17) is 4.42 Å². The lowest BCUT2D eigenvalue weighted by molar-refractivity contribution is 0.475. The summed E-state index contributed by atoms with van der Waals surface area (Å²) in [6.07, 6.45) is 1.80. The monoisotopic (exact) mass is 267 g/mol. The molecule has 2 aromatic heterocycles. The molecule has 3 nitrogen and oxygen atoms in total. The van der Waals surface area contributed by atoms with Gasteiger partial charge >= 0.3 is 0 Å². The molecule has 1 N–H and O–H groups in total. The van der Waals surface area contributed by atoms with Crippen molar-refractivity contribution in [2.75, 3.05) is 0 Å². The lowest BCUT2D eigenvalue weighted by atomic mass is 10.1. The number of hydrogen-bond donors (Lipinski definition) is 1. The third-order valence-corrected chi connectivity index (χ3v) is 3.96. The molecule has 92 valence electrons. The predicted molar refractivity (Wildman–Crippen MR) is 76.5 cm³/mol. The highest BCUT2D eigenvalue weighted by molar-refractivity contribution is 7.13. The maximum Gasteiger partial charge on any atom is 0.139 e. The third kappa shape index (κ3) is 1.61. The number of aromatic hydroxyl groups is 1. The number of nitrogens with zero attached hydrogens (tertiary/aromatic N) is 1. The van der Waals surface area contributed by atoms with Crippen LogP contribution < -0.4 is 0 Å². The van der Waals surface area contributed by atoms with Crippen LogP contribution in [0.3, 0.4) is 0 Å². The van der Waals surface area contributed by atoms with Gasteiger partial charge in [0.1, 0.15) is 21.9 Å². The van der Waals surface area contributed by atoms with Gasteiger partial charge in [-0.1, -0.05) is 0 Å². The van der Waals surface area contributed by atoms with Gasteiger partial charge in [-0.05, 0) is 30.3 Å². The van der Waals surface area contributed by atoms with E-state index in [1.54, 1.807) is 29.7 Å². The molecule has 0 aliphatic heterocycles. The lowest BCUT2D eigenvalue weighted by Gasteiger charge is -1.96. The molecule has 0 radical (unpaired) electrons. The van der Waals surface area contributed by atoms with Crippen LogP contribution in [-0.2, 0) is 0 Å². The number of benzene rings is 2. The first-order valence-electron chi connectivity index (χ1n) is 5.86. The fraction of sp³-hybridized carbons (Fsp3) is 0. The molecule has 0 unspecified atom stereocenters. The van der Waals surface area contributed by atoms with Gasteiger partial charge in [0.25, 0.3) is 0 Å². The smallest absolute Gasteiger partial charge is 0.139 e. The van der Waals surface area contributed by atoms with Crippen molar-refractivity contribution in [3.63, 3.8) is 0 Å². The number of furan rings is 1. The average molecular weight is 267 g/mol. The highest BCUT2D eigenvalue weighted by Gasteiger charge is 2.09. The summed E-state index contributed by atoms with van der Waals surface area (Å²) in [6, 6.07) is 11.2. The number of aromatic nitrogens is 1. The quantitative estimate of drug-likeness (QED) is 0.555. The lowest BCUT2D eigenvalue weighted by Crippen LogP contribution is -1.75. The zero-order chi connectivity index (χ0) is 12.8. The Morgan fingerprint density at radius 2 is 1.95 bits per heavy atom. The van der Waals surface area contributed by atoms with Crippen molar-refractivity contribution in [1.82, 2.24) is 4.98 Å². The van der Waals surface area contributed by atoms with Gasteiger partial charge in [-0.15, -0.1) is 11.3 Å². The number of thiazole rings is 1. The van der Waals surface area contributed by atoms with E-state index in [0.29, 0.717) is 5.58 Å². The molecule has 0 saturated heterocycles. The molecule has 2 aromatic carbocycles. The van der Waals surface area contributed by atoms with Crippen molar-refractivity contribution in [1.29, 1.82) is 0 Å². The molecular formula is C15H9NO2S. The molecular weight excluding hydrogens is 258 g/mol. The molecule has 4 aromatic rings. The predicted octanol–water partition coefficient (Wildman–Crippen LogP) is 4.42. The Balaban J connectivity index is 2.04. The SMILES string of the molecule is Oc1ccc2c(c1)oc1ccc(-c3nccs3)cc12. The largest absolute Gasteiger partial charge is 0.508 e. The minimum absolute atomic E-state index is 0.215. The zero-order valence-corrected chi connectivity index (χ0v) is 10.6. The maximum atomic E-state index is 9.49. The Morgan fingerprint density at radius 1 is 1.00 bits per heavy atom. The van der Waals surface area contributed by atoms with Gasteiger partial charge in [0.05, 0.1) is 0 Å². The number of rotatable bonds is 1. The molecule has 0 fully saturated rings. The zero-order valence-electron chi connectivity index (χ0n) is 9.83. The second-order valence-corrected chi connectivity index (χ2v) is 5.23. The minimum Gasteiger partial charge on any atom is -0.508 e. The summed E-state index contributed by atoms with van der Waals surface area (Å²) < 4.78 is 5.73. The Bertz CT molecular complexity index is 878. The summed E-state index contributed by atoms with van der Waals surface area (Å²) in [7, 11) is 0. The normalized spacial score (nSPS) is 11.4. The molecule has 0 bridgehead atoms. The van der Waals surface area contributed by atoms with Crippen LogP contribution in [0.1, 0.15) is 0 Å². The molecule has 0 spiro atoms. The van der Waals surface area contributed by atoms with Gasteiger partial charge in [-0.2, -0.15) is 0 Å².